The number of aryl methyl sites for hydroxylation is 1. The second-order valence-corrected chi connectivity index (χ2v) is 3.81. The van der Waals surface area contributed by atoms with Gasteiger partial charge in [-0.15, -0.1) is 0 Å². The SMILES string of the molecule is CCc1ccc2c(c1)C(N)C(=O)N2CC#N. The molecular formula is C12H13N3O. The predicted octanol–water partition coefficient (Wildman–Crippen LogP) is 1.12. The van der Waals surface area contributed by atoms with Crippen LogP contribution in [0.15, 0.2) is 18.2 Å². The number of nitrogens with zero attached hydrogens (tertiary/aromatic N) is 2. The monoisotopic (exact) mass is 215 g/mol. The van der Waals surface area contributed by atoms with Crippen LogP contribution in [0.5, 0.6) is 0 Å². The number of nitriles is 1. The molecule has 0 aliphatic carbocycles. The molecule has 0 bridgehead atoms. The van der Waals surface area contributed by atoms with E-state index in [0.29, 0.717) is 0 Å². The Morgan fingerprint density at radius 1 is 1.56 bits per heavy atom. The number of hydrogen-bond acceptors (Lipinski definition) is 3. The Balaban J connectivity index is 2.48. The molecule has 0 saturated heterocycles. The van der Waals surface area contributed by atoms with Crippen molar-refractivity contribution in [3.8, 4) is 6.07 Å². The number of anilines is 1. The number of carbonyl (C=O) groups excluding carboxylic acids is 1. The lowest BCUT2D eigenvalue weighted by molar-refractivity contribution is -0.119. The summed E-state index contributed by atoms with van der Waals surface area (Å²) in [5, 5.41) is 8.67. The van der Waals surface area contributed by atoms with Crippen LogP contribution in [0, 0.1) is 11.3 Å². The van der Waals surface area contributed by atoms with Crippen LogP contribution >= 0.6 is 0 Å². The average Bonchev–Trinajstić information content (AvgIpc) is 2.54. The van der Waals surface area contributed by atoms with E-state index in [1.165, 1.54) is 4.90 Å². The first kappa shape index (κ1) is 10.7. The molecule has 1 atom stereocenters. The summed E-state index contributed by atoms with van der Waals surface area (Å²) in [6, 6.07) is 7.16. The molecule has 2 N–H and O–H groups in total. The lowest BCUT2D eigenvalue weighted by Crippen LogP contribution is -2.31. The van der Waals surface area contributed by atoms with Gasteiger partial charge in [0.1, 0.15) is 12.6 Å². The lowest BCUT2D eigenvalue weighted by atomic mass is 10.0. The smallest absolute Gasteiger partial charge is 0.249 e. The largest absolute Gasteiger partial charge is 0.316 e. The summed E-state index contributed by atoms with van der Waals surface area (Å²) in [5.41, 5.74) is 8.59. The van der Waals surface area contributed by atoms with Crippen molar-refractivity contribution in [3.05, 3.63) is 29.3 Å². The highest BCUT2D eigenvalue weighted by molar-refractivity contribution is 6.04. The van der Waals surface area contributed by atoms with Crippen molar-refractivity contribution < 1.29 is 4.79 Å². The van der Waals surface area contributed by atoms with Gasteiger partial charge in [0.25, 0.3) is 0 Å². The third kappa shape index (κ3) is 1.46. The van der Waals surface area contributed by atoms with Gasteiger partial charge in [-0.2, -0.15) is 5.26 Å². The highest BCUT2D eigenvalue weighted by atomic mass is 16.2. The van der Waals surface area contributed by atoms with Crippen molar-refractivity contribution in [3.63, 3.8) is 0 Å². The summed E-state index contributed by atoms with van der Waals surface area (Å²) < 4.78 is 0. The molecule has 1 aliphatic heterocycles. The quantitative estimate of drug-likeness (QED) is 0.751. The maximum absolute atomic E-state index is 11.8. The van der Waals surface area contributed by atoms with Gasteiger partial charge in [0.15, 0.2) is 0 Å². The summed E-state index contributed by atoms with van der Waals surface area (Å²) in [6.45, 7) is 2.11. The first-order chi connectivity index (χ1) is 7.69. The fraction of sp³-hybridized carbons (Fsp3) is 0.333. The molecule has 2 rings (SSSR count). The van der Waals surface area contributed by atoms with Gasteiger partial charge >= 0.3 is 0 Å². The Hall–Kier alpha value is -1.86. The molecule has 0 radical (unpaired) electrons. The number of benzene rings is 1. The Morgan fingerprint density at radius 3 is 2.94 bits per heavy atom. The van der Waals surface area contributed by atoms with Crippen molar-refractivity contribution in [1.82, 2.24) is 0 Å². The summed E-state index contributed by atoms with van der Waals surface area (Å²) in [5.74, 6) is -0.190. The van der Waals surface area contributed by atoms with Crippen molar-refractivity contribution in [1.29, 1.82) is 5.26 Å². The van der Waals surface area contributed by atoms with Crippen LogP contribution in [0.25, 0.3) is 0 Å². The normalized spacial score (nSPS) is 18.4. The Kier molecular flexibility index (Phi) is 2.63. The van der Waals surface area contributed by atoms with Crippen LogP contribution in [-0.2, 0) is 11.2 Å². The second-order valence-electron chi connectivity index (χ2n) is 3.81. The first-order valence-corrected chi connectivity index (χ1v) is 5.25. The van der Waals surface area contributed by atoms with Crippen LogP contribution in [0.2, 0.25) is 0 Å². The number of fused-ring (bicyclic) bond motifs is 1. The molecule has 0 fully saturated rings. The average molecular weight is 215 g/mol. The topological polar surface area (TPSA) is 70.1 Å². The first-order valence-electron chi connectivity index (χ1n) is 5.25. The summed E-state index contributed by atoms with van der Waals surface area (Å²) in [7, 11) is 0. The van der Waals surface area contributed by atoms with E-state index in [4.69, 9.17) is 11.0 Å². The van der Waals surface area contributed by atoms with E-state index >= 15 is 0 Å². The summed E-state index contributed by atoms with van der Waals surface area (Å²) >= 11 is 0. The minimum absolute atomic E-state index is 0.0605. The fourth-order valence-corrected chi connectivity index (χ4v) is 1.97. The number of carbonyl (C=O) groups is 1. The highest BCUT2D eigenvalue weighted by Gasteiger charge is 2.34. The zero-order valence-corrected chi connectivity index (χ0v) is 9.10. The van der Waals surface area contributed by atoms with Gasteiger partial charge in [-0.3, -0.25) is 9.69 Å². The maximum Gasteiger partial charge on any atom is 0.249 e. The zero-order chi connectivity index (χ0) is 11.7. The van der Waals surface area contributed by atoms with Gasteiger partial charge in [0.2, 0.25) is 5.91 Å². The minimum Gasteiger partial charge on any atom is -0.316 e. The van der Waals surface area contributed by atoms with Crippen LogP contribution < -0.4 is 10.6 Å². The zero-order valence-electron chi connectivity index (χ0n) is 9.10. The molecule has 0 saturated carbocycles. The molecule has 82 valence electrons. The van der Waals surface area contributed by atoms with Gasteiger partial charge in [0.05, 0.1) is 11.8 Å². The van der Waals surface area contributed by atoms with E-state index < -0.39 is 6.04 Å². The molecule has 0 aromatic heterocycles. The Morgan fingerprint density at radius 2 is 2.31 bits per heavy atom. The molecule has 0 spiro atoms. The molecule has 1 unspecified atom stereocenters. The van der Waals surface area contributed by atoms with Crippen LogP contribution in [-0.4, -0.2) is 12.5 Å². The predicted molar refractivity (Wildman–Crippen MR) is 60.7 cm³/mol. The summed E-state index contributed by atoms with van der Waals surface area (Å²) in [4.78, 5) is 13.2. The number of rotatable bonds is 2. The van der Waals surface area contributed by atoms with E-state index in [9.17, 15) is 4.79 Å². The Bertz CT molecular complexity index is 476. The standard InChI is InChI=1S/C12H13N3O/c1-2-8-3-4-10-9(7-8)11(14)12(16)15(10)6-5-13/h3-4,7,11H,2,6,14H2,1H3. The molecule has 1 aromatic carbocycles. The Labute approximate surface area is 94.3 Å². The van der Waals surface area contributed by atoms with Crippen molar-refractivity contribution >= 4 is 11.6 Å². The molecule has 1 amide bonds. The van der Waals surface area contributed by atoms with Crippen LogP contribution in [0.1, 0.15) is 24.1 Å². The maximum atomic E-state index is 11.8. The van der Waals surface area contributed by atoms with Crippen molar-refractivity contribution in [2.45, 2.75) is 19.4 Å². The number of hydrogen-bond donors (Lipinski definition) is 1. The van der Waals surface area contributed by atoms with Gasteiger partial charge < -0.3 is 5.73 Å². The van der Waals surface area contributed by atoms with E-state index in [2.05, 4.69) is 6.92 Å². The van der Waals surface area contributed by atoms with E-state index in [1.807, 2.05) is 24.3 Å². The van der Waals surface area contributed by atoms with Crippen LogP contribution in [0.3, 0.4) is 0 Å². The van der Waals surface area contributed by atoms with Crippen LogP contribution in [0.4, 0.5) is 5.69 Å². The van der Waals surface area contributed by atoms with Gasteiger partial charge in [0, 0.05) is 5.56 Å². The minimum atomic E-state index is -0.616. The van der Waals surface area contributed by atoms with Gasteiger partial charge in [-0.05, 0) is 18.1 Å². The highest BCUT2D eigenvalue weighted by Crippen LogP contribution is 2.34. The van der Waals surface area contributed by atoms with E-state index in [1.54, 1.807) is 0 Å². The molecule has 1 aromatic rings. The van der Waals surface area contributed by atoms with Crippen molar-refractivity contribution in [2.75, 3.05) is 11.4 Å². The molecule has 1 aliphatic rings. The summed E-state index contributed by atoms with van der Waals surface area (Å²) in [6.07, 6.45) is 0.909. The molecule has 1 heterocycles. The third-order valence-electron chi connectivity index (χ3n) is 2.89. The third-order valence-corrected chi connectivity index (χ3v) is 2.89. The molecule has 4 heteroatoms. The van der Waals surface area contributed by atoms with E-state index in [-0.39, 0.29) is 12.5 Å². The molecular weight excluding hydrogens is 202 g/mol. The number of nitrogens with two attached hydrogens (primary N) is 1. The number of amides is 1. The lowest BCUT2D eigenvalue weighted by Gasteiger charge is -2.12. The second kappa shape index (κ2) is 3.95. The van der Waals surface area contributed by atoms with Gasteiger partial charge in [-0.1, -0.05) is 19.1 Å². The fourth-order valence-electron chi connectivity index (χ4n) is 1.97. The van der Waals surface area contributed by atoms with Gasteiger partial charge in [-0.25, -0.2) is 0 Å². The van der Waals surface area contributed by atoms with E-state index in [0.717, 1.165) is 23.2 Å². The molecule has 16 heavy (non-hydrogen) atoms. The molecule has 4 nitrogen and oxygen atoms in total. The van der Waals surface area contributed by atoms with Crippen molar-refractivity contribution in [2.24, 2.45) is 5.73 Å².